The number of rotatable bonds is 10. The van der Waals surface area contributed by atoms with Crippen LogP contribution in [0.3, 0.4) is 0 Å². The molecule has 0 heterocycles. The summed E-state index contributed by atoms with van der Waals surface area (Å²) in [6.07, 6.45) is 1.54. The summed E-state index contributed by atoms with van der Waals surface area (Å²) >= 11 is 0. The van der Waals surface area contributed by atoms with Crippen molar-refractivity contribution in [2.24, 2.45) is 5.10 Å². The van der Waals surface area contributed by atoms with Gasteiger partial charge in [-0.1, -0.05) is 20.8 Å². The molecular weight excluding hydrogens is 416 g/mol. The van der Waals surface area contributed by atoms with Gasteiger partial charge < -0.3 is 18.6 Å². The molecule has 0 aromatic heterocycles. The van der Waals surface area contributed by atoms with Crippen molar-refractivity contribution in [3.8, 4) is 5.75 Å². The predicted octanol–water partition coefficient (Wildman–Crippen LogP) is 4.50. The van der Waals surface area contributed by atoms with Gasteiger partial charge in [0.15, 0.2) is 5.76 Å². The number of hydrogen-bond acceptors (Lipinski definition) is 8. The molecule has 0 fully saturated rings. The zero-order valence-electron chi connectivity index (χ0n) is 19.7. The number of benzene rings is 1. The van der Waals surface area contributed by atoms with Crippen LogP contribution < -0.4 is 10.2 Å². The molecule has 0 unspecified atom stereocenters. The van der Waals surface area contributed by atoms with Crippen LogP contribution in [0.15, 0.2) is 41.2 Å². The maximum atomic E-state index is 12.4. The van der Waals surface area contributed by atoms with Crippen LogP contribution >= 0.6 is 0 Å². The van der Waals surface area contributed by atoms with Gasteiger partial charge in [-0.25, -0.2) is 9.59 Å². The average Bonchev–Trinajstić information content (AvgIpc) is 2.71. The van der Waals surface area contributed by atoms with Crippen molar-refractivity contribution < 1.29 is 28.2 Å². The molecule has 31 heavy (non-hydrogen) atoms. The van der Waals surface area contributed by atoms with E-state index in [1.807, 2.05) is 13.1 Å². The van der Waals surface area contributed by atoms with Gasteiger partial charge in [-0.2, -0.15) is 5.10 Å². The predicted molar refractivity (Wildman–Crippen MR) is 124 cm³/mol. The summed E-state index contributed by atoms with van der Waals surface area (Å²) in [5.41, 5.74) is 3.59. The minimum Gasteiger partial charge on any atom is -0.539 e. The summed E-state index contributed by atoms with van der Waals surface area (Å²) in [7, 11) is 0.574. The van der Waals surface area contributed by atoms with Crippen molar-refractivity contribution in [2.45, 2.75) is 52.2 Å². The second kappa shape index (κ2) is 11.5. The second-order valence-corrected chi connectivity index (χ2v) is 13.0. The van der Waals surface area contributed by atoms with E-state index in [1.165, 1.54) is 13.2 Å². The van der Waals surface area contributed by atoms with E-state index in [0.29, 0.717) is 11.4 Å². The molecule has 0 radical (unpaired) electrons. The largest absolute Gasteiger partial charge is 0.539 e. The van der Waals surface area contributed by atoms with E-state index >= 15 is 0 Å². The third-order valence-corrected chi connectivity index (χ3v) is 9.30. The molecule has 1 rings (SSSR count). The summed E-state index contributed by atoms with van der Waals surface area (Å²) in [6, 6.07) is 7.07. The van der Waals surface area contributed by atoms with Crippen LogP contribution in [0.1, 0.15) is 34.1 Å². The summed E-state index contributed by atoms with van der Waals surface area (Å²) < 4.78 is 21.2. The highest BCUT2D eigenvalue weighted by molar-refractivity contribution is 6.74. The Morgan fingerprint density at radius 3 is 2.19 bits per heavy atom. The maximum absolute atomic E-state index is 12.4. The lowest BCUT2D eigenvalue weighted by Crippen LogP contribution is -2.41. The molecule has 0 aliphatic rings. The minimum absolute atomic E-state index is 0.0288. The molecule has 0 aliphatic carbocycles. The Kier molecular flexibility index (Phi) is 9.76. The van der Waals surface area contributed by atoms with Crippen LogP contribution in [0.4, 0.5) is 5.69 Å². The molecule has 1 aromatic carbocycles. The zero-order chi connectivity index (χ0) is 23.7. The molecule has 0 aliphatic heterocycles. The topological polar surface area (TPSA) is 95.5 Å². The number of carbonyl (C=O) groups is 2. The van der Waals surface area contributed by atoms with Crippen LogP contribution in [0.2, 0.25) is 18.1 Å². The number of carbonyl (C=O) groups excluding carboxylic acids is 2. The highest BCUT2D eigenvalue weighted by Crippen LogP contribution is 2.38. The molecule has 8 nitrogen and oxygen atoms in total. The van der Waals surface area contributed by atoms with E-state index in [0.717, 1.165) is 0 Å². The van der Waals surface area contributed by atoms with Crippen molar-refractivity contribution in [1.82, 2.24) is 0 Å². The minimum atomic E-state index is -2.29. The van der Waals surface area contributed by atoms with E-state index in [9.17, 15) is 9.59 Å². The Balaban J connectivity index is 3.14. The summed E-state index contributed by atoms with van der Waals surface area (Å²) in [5.74, 6) is -0.420. The van der Waals surface area contributed by atoms with Gasteiger partial charge in [0.2, 0.25) is 0 Å². The molecule has 0 atom stereocenters. The van der Waals surface area contributed by atoms with Crippen LogP contribution in [-0.2, 0) is 23.5 Å². The van der Waals surface area contributed by atoms with Gasteiger partial charge in [0.1, 0.15) is 11.5 Å². The van der Waals surface area contributed by atoms with Crippen LogP contribution in [0, 0.1) is 0 Å². The molecule has 0 bridgehead atoms. The Hall–Kier alpha value is -2.81. The molecular formula is C22H34N2O6Si. The highest BCUT2D eigenvalue weighted by Gasteiger charge is 2.40. The van der Waals surface area contributed by atoms with Gasteiger partial charge in [-0.15, -0.1) is 0 Å². The third-order valence-electron chi connectivity index (χ3n) is 4.96. The zero-order valence-corrected chi connectivity index (χ0v) is 20.7. The Morgan fingerprint density at radius 2 is 1.71 bits per heavy atom. The fourth-order valence-electron chi connectivity index (χ4n) is 2.07. The molecule has 172 valence electrons. The standard InChI is InChI=1S/C22H34N2O6Si/c1-9-29-20(25)18(24-23-16-10-12-17(27-5)13-11-16)14-15-19(21(26)28-6)30-31(7,8)22(2,3)4/h10-13,15,23H,9,14H2,1-8H3/b19-15+,24-18-. The number of hydrogen-bond donors (Lipinski definition) is 1. The number of methoxy groups -OCH3 is 2. The fraction of sp³-hybridized carbons (Fsp3) is 0.500. The van der Waals surface area contributed by atoms with Gasteiger partial charge in [-0.3, -0.25) is 5.43 Å². The van der Waals surface area contributed by atoms with Crippen LogP contribution in [-0.4, -0.2) is 46.8 Å². The van der Waals surface area contributed by atoms with Gasteiger partial charge in [0.05, 0.1) is 26.5 Å². The Labute approximate surface area is 185 Å². The van der Waals surface area contributed by atoms with Crippen molar-refractivity contribution in [3.05, 3.63) is 36.1 Å². The smallest absolute Gasteiger partial charge is 0.371 e. The molecule has 0 amide bonds. The van der Waals surface area contributed by atoms with Gasteiger partial charge >= 0.3 is 11.9 Å². The first kappa shape index (κ1) is 26.2. The monoisotopic (exact) mass is 450 g/mol. The number of allylic oxidation sites excluding steroid dienone is 1. The summed E-state index contributed by atoms with van der Waals surface area (Å²) in [5, 5.41) is 4.06. The van der Waals surface area contributed by atoms with Crippen LogP contribution in [0.25, 0.3) is 0 Å². The van der Waals surface area contributed by atoms with E-state index < -0.39 is 20.3 Å². The fourth-order valence-corrected chi connectivity index (χ4v) is 3.09. The first-order valence-electron chi connectivity index (χ1n) is 10.1. The second-order valence-electron chi connectivity index (χ2n) is 8.25. The van der Waals surface area contributed by atoms with E-state index in [4.69, 9.17) is 18.6 Å². The Morgan fingerprint density at radius 1 is 1.10 bits per heavy atom. The average molecular weight is 451 g/mol. The number of ether oxygens (including phenoxy) is 3. The van der Waals surface area contributed by atoms with Crippen molar-refractivity contribution in [1.29, 1.82) is 0 Å². The lowest BCUT2D eigenvalue weighted by molar-refractivity contribution is -0.139. The number of nitrogens with one attached hydrogen (secondary N) is 1. The Bertz CT molecular complexity index is 810. The van der Waals surface area contributed by atoms with Gasteiger partial charge in [0.25, 0.3) is 8.32 Å². The number of anilines is 1. The molecule has 1 N–H and O–H groups in total. The van der Waals surface area contributed by atoms with E-state index in [-0.39, 0.29) is 29.5 Å². The summed E-state index contributed by atoms with van der Waals surface area (Å²) in [4.78, 5) is 24.7. The van der Waals surface area contributed by atoms with Crippen molar-refractivity contribution in [2.75, 3.05) is 26.3 Å². The first-order chi connectivity index (χ1) is 14.4. The summed E-state index contributed by atoms with van der Waals surface area (Å²) in [6.45, 7) is 12.2. The lowest BCUT2D eigenvalue weighted by atomic mass is 10.2. The molecule has 9 heteroatoms. The molecule has 0 saturated carbocycles. The van der Waals surface area contributed by atoms with E-state index in [1.54, 1.807) is 38.3 Å². The highest BCUT2D eigenvalue weighted by atomic mass is 28.4. The number of esters is 2. The molecule has 1 aromatic rings. The SMILES string of the molecule is CCOC(=O)/C(C/C=C(/O[Si](C)(C)C(C)(C)C)C(=O)OC)=N\Nc1ccc(OC)cc1. The number of nitrogens with zero attached hydrogens (tertiary/aromatic N) is 1. The number of hydrazone groups is 1. The lowest BCUT2D eigenvalue weighted by Gasteiger charge is -2.36. The van der Waals surface area contributed by atoms with Crippen molar-refractivity contribution in [3.63, 3.8) is 0 Å². The van der Waals surface area contributed by atoms with Gasteiger partial charge in [0, 0.05) is 6.42 Å². The third kappa shape index (κ3) is 8.08. The first-order valence-corrected chi connectivity index (χ1v) is 13.0. The van der Waals surface area contributed by atoms with Gasteiger partial charge in [-0.05, 0) is 55.4 Å². The van der Waals surface area contributed by atoms with Crippen LogP contribution in [0.5, 0.6) is 5.75 Å². The van der Waals surface area contributed by atoms with Crippen molar-refractivity contribution >= 4 is 31.7 Å². The quantitative estimate of drug-likeness (QED) is 0.140. The molecule has 0 saturated heterocycles. The maximum Gasteiger partial charge on any atom is 0.371 e. The normalized spacial score (nSPS) is 12.8. The molecule has 0 spiro atoms. The van der Waals surface area contributed by atoms with E-state index in [2.05, 4.69) is 31.3 Å².